The highest BCUT2D eigenvalue weighted by atomic mass is 16.5. The van der Waals surface area contributed by atoms with E-state index in [1.54, 1.807) is 0 Å². The molecule has 1 aliphatic heterocycles. The first-order valence-corrected chi connectivity index (χ1v) is 4.18. The Kier molecular flexibility index (Phi) is 2.66. The molecule has 6 nitrogen and oxygen atoms in total. The Bertz CT molecular complexity index is 266. The van der Waals surface area contributed by atoms with Crippen LogP contribution in [-0.2, 0) is 9.53 Å². The molecule has 6 heteroatoms. The predicted octanol–water partition coefficient (Wildman–Crippen LogP) is 0.228. The second-order valence-corrected chi connectivity index (χ2v) is 3.53. The Morgan fingerprint density at radius 3 is 2.36 bits per heavy atom. The van der Waals surface area contributed by atoms with Crippen LogP contribution in [0.25, 0.3) is 0 Å². The highest BCUT2D eigenvalue weighted by molar-refractivity contribution is 5.84. The van der Waals surface area contributed by atoms with E-state index in [1.807, 2.05) is 0 Å². The van der Waals surface area contributed by atoms with E-state index in [2.05, 4.69) is 0 Å². The fourth-order valence-corrected chi connectivity index (χ4v) is 1.67. The van der Waals surface area contributed by atoms with E-state index >= 15 is 0 Å². The lowest BCUT2D eigenvalue weighted by Gasteiger charge is -2.27. The molecule has 1 saturated heterocycles. The lowest BCUT2D eigenvalue weighted by molar-refractivity contribution is -0.147. The zero-order chi connectivity index (χ0) is 10.9. The normalized spacial score (nSPS) is 31.9. The molecular formula is C8H13NO5. The maximum Gasteiger partial charge on any atom is 0.408 e. The van der Waals surface area contributed by atoms with Gasteiger partial charge in [0.25, 0.3) is 0 Å². The van der Waals surface area contributed by atoms with Crippen LogP contribution >= 0.6 is 0 Å². The van der Waals surface area contributed by atoms with Gasteiger partial charge in [0, 0.05) is 13.5 Å². The lowest BCUT2D eigenvalue weighted by atomic mass is 9.99. The van der Waals surface area contributed by atoms with E-state index in [9.17, 15) is 9.59 Å². The number of carbonyl (C=O) groups is 2. The van der Waals surface area contributed by atoms with Crippen molar-refractivity contribution in [3.05, 3.63) is 0 Å². The van der Waals surface area contributed by atoms with Crippen molar-refractivity contribution in [3.8, 4) is 0 Å². The van der Waals surface area contributed by atoms with Gasteiger partial charge in [-0.05, 0) is 6.92 Å². The molecule has 1 fully saturated rings. The van der Waals surface area contributed by atoms with E-state index in [1.165, 1.54) is 14.0 Å². The molecule has 0 spiro atoms. The van der Waals surface area contributed by atoms with Gasteiger partial charge in [-0.15, -0.1) is 0 Å². The number of rotatable bonds is 2. The van der Waals surface area contributed by atoms with Crippen molar-refractivity contribution in [2.45, 2.75) is 25.0 Å². The number of hydrogen-bond donors (Lipinski definition) is 2. The van der Waals surface area contributed by atoms with Gasteiger partial charge in [0.05, 0.1) is 12.6 Å². The maximum atomic E-state index is 10.9. The number of carboxylic acid groups (broad SMARTS) is 2. The Labute approximate surface area is 81.1 Å². The summed E-state index contributed by atoms with van der Waals surface area (Å²) in [5.74, 6) is -1.14. The van der Waals surface area contributed by atoms with Crippen molar-refractivity contribution >= 4 is 12.1 Å². The third-order valence-corrected chi connectivity index (χ3v) is 2.63. The lowest BCUT2D eigenvalue weighted by Crippen LogP contribution is -2.50. The molecule has 0 saturated carbocycles. The predicted molar refractivity (Wildman–Crippen MR) is 46.2 cm³/mol. The Morgan fingerprint density at radius 2 is 2.07 bits per heavy atom. The van der Waals surface area contributed by atoms with Crippen molar-refractivity contribution in [2.75, 3.05) is 13.7 Å². The minimum atomic E-state index is -1.37. The fourth-order valence-electron chi connectivity index (χ4n) is 1.67. The smallest absolute Gasteiger partial charge is 0.408 e. The molecule has 14 heavy (non-hydrogen) atoms. The summed E-state index contributed by atoms with van der Waals surface area (Å²) >= 11 is 0. The minimum Gasteiger partial charge on any atom is -0.480 e. The average Bonchev–Trinajstić information content (AvgIpc) is 2.44. The van der Waals surface area contributed by atoms with Crippen LogP contribution in [-0.4, -0.2) is 52.5 Å². The Hall–Kier alpha value is -1.30. The molecule has 0 bridgehead atoms. The molecule has 2 atom stereocenters. The first-order valence-electron chi connectivity index (χ1n) is 4.18. The molecular weight excluding hydrogens is 190 g/mol. The van der Waals surface area contributed by atoms with E-state index in [4.69, 9.17) is 14.9 Å². The van der Waals surface area contributed by atoms with Crippen LogP contribution in [0.5, 0.6) is 0 Å². The summed E-state index contributed by atoms with van der Waals surface area (Å²) in [6.45, 7) is 1.50. The number of aliphatic carboxylic acids is 1. The maximum absolute atomic E-state index is 10.9. The van der Waals surface area contributed by atoms with E-state index in [0.717, 1.165) is 4.90 Å². The quantitative estimate of drug-likeness (QED) is 0.670. The van der Waals surface area contributed by atoms with Crippen LogP contribution in [0.3, 0.4) is 0 Å². The van der Waals surface area contributed by atoms with E-state index in [-0.39, 0.29) is 19.1 Å². The summed E-state index contributed by atoms with van der Waals surface area (Å²) in [5.41, 5.74) is -1.37. The number of ether oxygens (including phenoxy) is 1. The van der Waals surface area contributed by atoms with Crippen molar-refractivity contribution in [1.82, 2.24) is 4.90 Å². The monoisotopic (exact) mass is 203 g/mol. The summed E-state index contributed by atoms with van der Waals surface area (Å²) in [7, 11) is 1.44. The first kappa shape index (κ1) is 10.8. The van der Waals surface area contributed by atoms with Crippen molar-refractivity contribution in [3.63, 3.8) is 0 Å². The third-order valence-electron chi connectivity index (χ3n) is 2.63. The molecule has 0 aliphatic carbocycles. The van der Waals surface area contributed by atoms with Gasteiger partial charge in [0.1, 0.15) is 5.54 Å². The second-order valence-electron chi connectivity index (χ2n) is 3.53. The van der Waals surface area contributed by atoms with Crippen molar-refractivity contribution < 1.29 is 24.5 Å². The van der Waals surface area contributed by atoms with Gasteiger partial charge >= 0.3 is 12.1 Å². The molecule has 0 aromatic carbocycles. The van der Waals surface area contributed by atoms with Gasteiger partial charge in [0.15, 0.2) is 0 Å². The minimum absolute atomic E-state index is 0.106. The van der Waals surface area contributed by atoms with E-state index in [0.29, 0.717) is 0 Å². The number of nitrogens with zero attached hydrogens (tertiary/aromatic N) is 1. The second kappa shape index (κ2) is 3.45. The SMILES string of the molecule is CO[C@H]1CN(C(=O)O)[C@@](C)(C(=O)O)C1. The summed E-state index contributed by atoms with van der Waals surface area (Å²) in [6, 6.07) is 0. The molecule has 2 N–H and O–H groups in total. The van der Waals surface area contributed by atoms with E-state index < -0.39 is 17.6 Å². The number of hydrogen-bond acceptors (Lipinski definition) is 3. The van der Waals surface area contributed by atoms with Gasteiger partial charge in [0.2, 0.25) is 0 Å². The number of likely N-dealkylation sites (tertiary alicyclic amines) is 1. The van der Waals surface area contributed by atoms with Crippen LogP contribution in [0, 0.1) is 0 Å². The fraction of sp³-hybridized carbons (Fsp3) is 0.750. The summed E-state index contributed by atoms with van der Waals surface area (Å²) < 4.78 is 4.97. The van der Waals surface area contributed by atoms with Gasteiger partial charge in [-0.1, -0.05) is 0 Å². The van der Waals surface area contributed by atoms with Crippen molar-refractivity contribution in [2.24, 2.45) is 0 Å². The number of methoxy groups -OCH3 is 1. The van der Waals surface area contributed by atoms with Crippen LogP contribution in [0.2, 0.25) is 0 Å². The molecule has 0 radical (unpaired) electrons. The van der Waals surface area contributed by atoms with Gasteiger partial charge in [-0.3, -0.25) is 4.90 Å². The molecule has 0 unspecified atom stereocenters. The molecule has 1 aliphatic rings. The van der Waals surface area contributed by atoms with Crippen LogP contribution in [0.1, 0.15) is 13.3 Å². The van der Waals surface area contributed by atoms with Crippen molar-refractivity contribution in [1.29, 1.82) is 0 Å². The van der Waals surface area contributed by atoms with Crippen LogP contribution in [0.15, 0.2) is 0 Å². The van der Waals surface area contributed by atoms with Gasteiger partial charge < -0.3 is 14.9 Å². The van der Waals surface area contributed by atoms with Gasteiger partial charge in [-0.25, -0.2) is 9.59 Å². The van der Waals surface area contributed by atoms with Crippen LogP contribution < -0.4 is 0 Å². The molecule has 1 heterocycles. The largest absolute Gasteiger partial charge is 0.480 e. The van der Waals surface area contributed by atoms with Gasteiger partial charge in [-0.2, -0.15) is 0 Å². The van der Waals surface area contributed by atoms with Crippen LogP contribution in [0.4, 0.5) is 4.79 Å². The molecule has 1 amide bonds. The topological polar surface area (TPSA) is 87.1 Å². The summed E-state index contributed by atoms with van der Waals surface area (Å²) in [4.78, 5) is 22.6. The highest BCUT2D eigenvalue weighted by Crippen LogP contribution is 2.30. The zero-order valence-corrected chi connectivity index (χ0v) is 8.06. The molecule has 80 valence electrons. The zero-order valence-electron chi connectivity index (χ0n) is 8.06. The average molecular weight is 203 g/mol. The highest BCUT2D eigenvalue weighted by Gasteiger charge is 2.50. The Balaban J connectivity index is 2.92. The molecule has 1 rings (SSSR count). The third kappa shape index (κ3) is 1.52. The molecule has 0 aromatic heterocycles. The Morgan fingerprint density at radius 1 is 1.50 bits per heavy atom. The summed E-state index contributed by atoms with van der Waals surface area (Å²) in [6.07, 6.45) is -1.38. The standard InChI is InChI=1S/C8H13NO5/c1-8(6(10)11)3-5(14-2)4-9(8)7(12)13/h5H,3-4H2,1-2H3,(H,10,11)(H,12,13)/t5-,8-/m1/s1. The number of amides is 1. The number of carboxylic acids is 1. The molecule has 0 aromatic rings. The summed E-state index contributed by atoms with van der Waals surface area (Å²) in [5, 5.41) is 17.8. The first-order chi connectivity index (χ1) is 6.41.